The molecule has 0 atom stereocenters. The van der Waals surface area contributed by atoms with E-state index in [-0.39, 0.29) is 6.04 Å². The molecule has 1 aliphatic rings. The van der Waals surface area contributed by atoms with E-state index in [9.17, 15) is 13.2 Å². The van der Waals surface area contributed by atoms with Crippen molar-refractivity contribution in [1.29, 1.82) is 0 Å². The van der Waals surface area contributed by atoms with Gasteiger partial charge >= 0.3 is 6.18 Å². The zero-order valence-corrected chi connectivity index (χ0v) is 11.6. The second-order valence-electron chi connectivity index (χ2n) is 4.90. The molecule has 6 heteroatoms. The van der Waals surface area contributed by atoms with Gasteiger partial charge in [-0.3, -0.25) is 4.90 Å². The summed E-state index contributed by atoms with van der Waals surface area (Å²) in [7, 11) is 0. The Morgan fingerprint density at radius 3 is 2.68 bits per heavy atom. The molecule has 0 spiro atoms. The van der Waals surface area contributed by atoms with E-state index in [0.29, 0.717) is 13.1 Å². The normalized spacial score (nSPS) is 16.2. The highest BCUT2D eigenvalue weighted by Gasteiger charge is 2.37. The van der Waals surface area contributed by atoms with Gasteiger partial charge in [-0.25, -0.2) is 0 Å². The van der Waals surface area contributed by atoms with Gasteiger partial charge in [0.15, 0.2) is 0 Å². The van der Waals surface area contributed by atoms with E-state index in [4.69, 9.17) is 0 Å². The van der Waals surface area contributed by atoms with E-state index >= 15 is 0 Å². The summed E-state index contributed by atoms with van der Waals surface area (Å²) in [4.78, 5) is 2.86. The Labute approximate surface area is 115 Å². The number of thiophene rings is 1. The van der Waals surface area contributed by atoms with E-state index < -0.39 is 12.7 Å². The lowest BCUT2D eigenvalue weighted by atomic mass is 10.3. The minimum absolute atomic E-state index is 0.153. The third-order valence-electron chi connectivity index (χ3n) is 3.15. The van der Waals surface area contributed by atoms with Gasteiger partial charge in [0.1, 0.15) is 0 Å². The van der Waals surface area contributed by atoms with E-state index in [1.807, 2.05) is 11.4 Å². The van der Waals surface area contributed by atoms with E-state index in [1.54, 1.807) is 16.2 Å². The Morgan fingerprint density at radius 1 is 1.32 bits per heavy atom. The maximum absolute atomic E-state index is 12.4. The lowest BCUT2D eigenvalue weighted by Gasteiger charge is -2.23. The van der Waals surface area contributed by atoms with Crippen molar-refractivity contribution >= 4 is 11.3 Å². The van der Waals surface area contributed by atoms with Gasteiger partial charge in [-0.15, -0.1) is 11.3 Å². The van der Waals surface area contributed by atoms with Crippen molar-refractivity contribution in [1.82, 2.24) is 10.2 Å². The molecule has 19 heavy (non-hydrogen) atoms. The maximum atomic E-state index is 12.4. The fourth-order valence-electron chi connectivity index (χ4n) is 2.07. The zero-order chi connectivity index (χ0) is 13.7. The van der Waals surface area contributed by atoms with Crippen LogP contribution in [0.15, 0.2) is 17.5 Å². The van der Waals surface area contributed by atoms with Crippen LogP contribution in [0.4, 0.5) is 13.2 Å². The van der Waals surface area contributed by atoms with Crippen LogP contribution in [0.5, 0.6) is 0 Å². The molecule has 1 saturated carbocycles. The minimum atomic E-state index is -4.08. The van der Waals surface area contributed by atoms with Gasteiger partial charge in [0.25, 0.3) is 0 Å². The fourth-order valence-corrected chi connectivity index (χ4v) is 2.78. The predicted octanol–water partition coefficient (Wildman–Crippen LogP) is 2.91. The molecule has 1 fully saturated rings. The molecule has 0 aliphatic heterocycles. The van der Waals surface area contributed by atoms with E-state index in [1.165, 1.54) is 4.88 Å². The molecule has 2 nitrogen and oxygen atoms in total. The third-order valence-corrected chi connectivity index (χ3v) is 4.09. The van der Waals surface area contributed by atoms with E-state index in [0.717, 1.165) is 25.8 Å². The first kappa shape index (κ1) is 14.8. The topological polar surface area (TPSA) is 15.3 Å². The number of rotatable bonds is 8. The molecule has 1 aromatic heterocycles. The Hall–Kier alpha value is -0.590. The number of nitrogens with zero attached hydrogens (tertiary/aromatic N) is 1. The van der Waals surface area contributed by atoms with Crippen LogP contribution >= 0.6 is 11.3 Å². The molecule has 1 aliphatic carbocycles. The standard InChI is InChI=1S/C13H19F3N2S/c14-13(15,16)10-18(11-3-4-11)8-7-17-6-5-12-2-1-9-19-12/h1-2,9,11,17H,3-8,10H2. The molecular formula is C13H19F3N2S. The number of alkyl halides is 3. The second-order valence-corrected chi connectivity index (χ2v) is 5.93. The largest absolute Gasteiger partial charge is 0.401 e. The quantitative estimate of drug-likeness (QED) is 0.741. The molecule has 2 rings (SSSR count). The van der Waals surface area contributed by atoms with Crippen LogP contribution in [0.3, 0.4) is 0 Å². The first-order valence-corrected chi connectivity index (χ1v) is 7.46. The average molecular weight is 292 g/mol. The van der Waals surface area contributed by atoms with Gasteiger partial charge in [-0.05, 0) is 30.7 Å². The van der Waals surface area contributed by atoms with E-state index in [2.05, 4.69) is 11.4 Å². The van der Waals surface area contributed by atoms with Gasteiger partial charge < -0.3 is 5.32 Å². The summed E-state index contributed by atoms with van der Waals surface area (Å²) in [6.45, 7) is 1.15. The SMILES string of the molecule is FC(F)(F)CN(CCNCCc1cccs1)C1CC1. The summed E-state index contributed by atoms with van der Waals surface area (Å²) in [6.07, 6.45) is -1.32. The Bertz CT molecular complexity index is 360. The summed E-state index contributed by atoms with van der Waals surface area (Å²) in [5.74, 6) is 0. The first-order chi connectivity index (χ1) is 9.04. The lowest BCUT2D eigenvalue weighted by Crippen LogP contribution is -2.40. The molecule has 1 N–H and O–H groups in total. The molecule has 0 saturated heterocycles. The third kappa shape index (κ3) is 5.93. The number of nitrogens with one attached hydrogen (secondary N) is 1. The highest BCUT2D eigenvalue weighted by atomic mass is 32.1. The van der Waals surface area contributed by atoms with Gasteiger partial charge in [0, 0.05) is 30.6 Å². The molecular weight excluding hydrogens is 273 g/mol. The monoisotopic (exact) mass is 292 g/mol. The second kappa shape index (κ2) is 6.72. The van der Waals surface area contributed by atoms with Gasteiger partial charge in [-0.1, -0.05) is 6.07 Å². The molecule has 0 amide bonds. The van der Waals surface area contributed by atoms with Crippen molar-refractivity contribution in [2.75, 3.05) is 26.2 Å². The maximum Gasteiger partial charge on any atom is 0.401 e. The first-order valence-electron chi connectivity index (χ1n) is 6.58. The molecule has 0 bridgehead atoms. The van der Waals surface area contributed by atoms with Crippen LogP contribution in [-0.2, 0) is 6.42 Å². The molecule has 108 valence electrons. The van der Waals surface area contributed by atoms with Crippen molar-refractivity contribution in [3.63, 3.8) is 0 Å². The summed E-state index contributed by atoms with van der Waals surface area (Å²) >= 11 is 1.71. The van der Waals surface area contributed by atoms with Gasteiger partial charge in [0.05, 0.1) is 6.54 Å². The van der Waals surface area contributed by atoms with Crippen molar-refractivity contribution in [3.05, 3.63) is 22.4 Å². The molecule has 0 unspecified atom stereocenters. The molecule has 1 heterocycles. The van der Waals surface area contributed by atoms with Crippen molar-refractivity contribution < 1.29 is 13.2 Å². The number of hydrogen-bond donors (Lipinski definition) is 1. The Kier molecular flexibility index (Phi) is 5.24. The number of hydrogen-bond acceptors (Lipinski definition) is 3. The van der Waals surface area contributed by atoms with Gasteiger partial charge in [0.2, 0.25) is 0 Å². The highest BCUT2D eigenvalue weighted by Crippen LogP contribution is 2.29. The highest BCUT2D eigenvalue weighted by molar-refractivity contribution is 7.09. The summed E-state index contributed by atoms with van der Waals surface area (Å²) in [5, 5.41) is 5.26. The fraction of sp³-hybridized carbons (Fsp3) is 0.692. The average Bonchev–Trinajstić information content (AvgIpc) is 3.04. The molecule has 1 aromatic rings. The smallest absolute Gasteiger partial charge is 0.315 e. The van der Waals surface area contributed by atoms with Crippen molar-refractivity contribution in [3.8, 4) is 0 Å². The van der Waals surface area contributed by atoms with Crippen molar-refractivity contribution in [2.45, 2.75) is 31.5 Å². The summed E-state index contributed by atoms with van der Waals surface area (Å²) in [6, 6.07) is 4.24. The van der Waals surface area contributed by atoms with Crippen LogP contribution < -0.4 is 5.32 Å². The van der Waals surface area contributed by atoms with Crippen LogP contribution in [0.25, 0.3) is 0 Å². The lowest BCUT2D eigenvalue weighted by molar-refractivity contribution is -0.147. The van der Waals surface area contributed by atoms with Crippen molar-refractivity contribution in [2.24, 2.45) is 0 Å². The van der Waals surface area contributed by atoms with Crippen LogP contribution in [-0.4, -0.2) is 43.3 Å². The summed E-state index contributed by atoms with van der Waals surface area (Å²) in [5.41, 5.74) is 0. The van der Waals surface area contributed by atoms with Gasteiger partial charge in [-0.2, -0.15) is 13.2 Å². The minimum Gasteiger partial charge on any atom is -0.315 e. The summed E-state index contributed by atoms with van der Waals surface area (Å²) < 4.78 is 37.2. The van der Waals surface area contributed by atoms with Crippen LogP contribution in [0.1, 0.15) is 17.7 Å². The predicted molar refractivity (Wildman–Crippen MR) is 71.5 cm³/mol. The Balaban J connectivity index is 1.60. The zero-order valence-electron chi connectivity index (χ0n) is 10.7. The Morgan fingerprint density at radius 2 is 2.11 bits per heavy atom. The number of halogens is 3. The van der Waals surface area contributed by atoms with Crippen LogP contribution in [0, 0.1) is 0 Å². The van der Waals surface area contributed by atoms with Crippen LogP contribution in [0.2, 0.25) is 0 Å². The molecule has 0 radical (unpaired) electrons. The molecule has 0 aromatic carbocycles.